The second-order valence-corrected chi connectivity index (χ2v) is 4.38. The van der Waals surface area contributed by atoms with Gasteiger partial charge in [-0.2, -0.15) is 5.10 Å². The second kappa shape index (κ2) is 5.48. The Bertz CT molecular complexity index is 450. The molecule has 0 aliphatic rings. The summed E-state index contributed by atoms with van der Waals surface area (Å²) in [5.74, 6) is 1.45. The molecule has 17 heavy (non-hydrogen) atoms. The summed E-state index contributed by atoms with van der Waals surface area (Å²) in [6.07, 6.45) is 3.80. The fourth-order valence-electron chi connectivity index (χ4n) is 1.71. The van der Waals surface area contributed by atoms with Crippen molar-refractivity contribution in [1.82, 2.24) is 14.8 Å². The van der Waals surface area contributed by atoms with E-state index in [2.05, 4.69) is 22.3 Å². The Labute approximate surface area is 102 Å². The molecule has 4 heteroatoms. The van der Waals surface area contributed by atoms with E-state index in [1.807, 2.05) is 48.3 Å². The summed E-state index contributed by atoms with van der Waals surface area (Å²) in [5.41, 5.74) is 1.04. The first kappa shape index (κ1) is 11.6. The molecule has 1 N–H and O–H groups in total. The van der Waals surface area contributed by atoms with Gasteiger partial charge in [0.1, 0.15) is 5.82 Å². The molecule has 0 aliphatic carbocycles. The number of anilines is 1. The van der Waals surface area contributed by atoms with E-state index in [1.165, 1.54) is 0 Å². The molecule has 2 aromatic heterocycles. The molecule has 0 aliphatic heterocycles. The molecule has 0 saturated carbocycles. The monoisotopic (exact) mass is 230 g/mol. The Hall–Kier alpha value is -1.84. The van der Waals surface area contributed by atoms with Crippen LogP contribution in [-0.4, -0.2) is 21.3 Å². The summed E-state index contributed by atoms with van der Waals surface area (Å²) in [6, 6.07) is 7.96. The maximum atomic E-state index is 4.41. The summed E-state index contributed by atoms with van der Waals surface area (Å²) in [4.78, 5) is 4.41. The van der Waals surface area contributed by atoms with Gasteiger partial charge in [0.15, 0.2) is 0 Å². The Morgan fingerprint density at radius 1 is 1.35 bits per heavy atom. The number of aromatic nitrogens is 3. The lowest BCUT2D eigenvalue weighted by atomic mass is 10.2. The number of pyridine rings is 1. The molecule has 0 unspecified atom stereocenters. The SMILES string of the molecule is Cc1cccc(NC[C@H](C)Cn2cccn2)n1. The van der Waals surface area contributed by atoms with Crippen molar-refractivity contribution < 1.29 is 0 Å². The van der Waals surface area contributed by atoms with E-state index in [0.717, 1.165) is 24.6 Å². The topological polar surface area (TPSA) is 42.7 Å². The van der Waals surface area contributed by atoms with E-state index in [-0.39, 0.29) is 0 Å². The zero-order chi connectivity index (χ0) is 12.1. The maximum Gasteiger partial charge on any atom is 0.126 e. The normalized spacial score (nSPS) is 12.4. The van der Waals surface area contributed by atoms with Crippen molar-refractivity contribution in [2.24, 2.45) is 5.92 Å². The smallest absolute Gasteiger partial charge is 0.126 e. The number of hydrogen-bond donors (Lipinski definition) is 1. The minimum atomic E-state index is 0.511. The Morgan fingerprint density at radius 3 is 2.94 bits per heavy atom. The Kier molecular flexibility index (Phi) is 3.75. The van der Waals surface area contributed by atoms with Crippen LogP contribution in [0.3, 0.4) is 0 Å². The molecule has 0 saturated heterocycles. The third kappa shape index (κ3) is 3.59. The van der Waals surface area contributed by atoms with Gasteiger partial charge in [-0.1, -0.05) is 13.0 Å². The van der Waals surface area contributed by atoms with Crippen LogP contribution in [-0.2, 0) is 6.54 Å². The van der Waals surface area contributed by atoms with Gasteiger partial charge < -0.3 is 5.32 Å². The highest BCUT2D eigenvalue weighted by atomic mass is 15.3. The van der Waals surface area contributed by atoms with E-state index in [9.17, 15) is 0 Å². The third-order valence-electron chi connectivity index (χ3n) is 2.58. The lowest BCUT2D eigenvalue weighted by molar-refractivity contribution is 0.467. The molecule has 90 valence electrons. The number of rotatable bonds is 5. The third-order valence-corrected chi connectivity index (χ3v) is 2.58. The lowest BCUT2D eigenvalue weighted by Gasteiger charge is -2.13. The number of nitrogens with one attached hydrogen (secondary N) is 1. The van der Waals surface area contributed by atoms with Gasteiger partial charge in [0.2, 0.25) is 0 Å². The van der Waals surface area contributed by atoms with Crippen LogP contribution in [0.4, 0.5) is 5.82 Å². The first-order valence-electron chi connectivity index (χ1n) is 5.89. The first-order valence-corrected chi connectivity index (χ1v) is 5.89. The summed E-state index contributed by atoms with van der Waals surface area (Å²) in [7, 11) is 0. The molecule has 1 atom stereocenters. The minimum absolute atomic E-state index is 0.511. The molecule has 2 rings (SSSR count). The molecular formula is C13H18N4. The molecule has 4 nitrogen and oxygen atoms in total. The van der Waals surface area contributed by atoms with Crippen molar-refractivity contribution in [3.05, 3.63) is 42.4 Å². The van der Waals surface area contributed by atoms with Gasteiger partial charge in [0.05, 0.1) is 0 Å². The minimum Gasteiger partial charge on any atom is -0.370 e. The summed E-state index contributed by atoms with van der Waals surface area (Å²) in [5, 5.41) is 7.54. The fraction of sp³-hybridized carbons (Fsp3) is 0.385. The van der Waals surface area contributed by atoms with Crippen LogP contribution in [0.5, 0.6) is 0 Å². The molecule has 0 spiro atoms. The first-order chi connectivity index (χ1) is 8.24. The summed E-state index contributed by atoms with van der Waals surface area (Å²) in [6.45, 7) is 6.02. The van der Waals surface area contributed by atoms with Crippen LogP contribution in [0.2, 0.25) is 0 Å². The van der Waals surface area contributed by atoms with Gasteiger partial charge in [-0.05, 0) is 31.0 Å². The predicted octanol–water partition coefficient (Wildman–Crippen LogP) is 2.33. The van der Waals surface area contributed by atoms with E-state index in [4.69, 9.17) is 0 Å². The average Bonchev–Trinajstić information content (AvgIpc) is 2.79. The van der Waals surface area contributed by atoms with E-state index < -0.39 is 0 Å². The largest absolute Gasteiger partial charge is 0.370 e. The van der Waals surface area contributed by atoms with Gasteiger partial charge in [0, 0.05) is 31.2 Å². The summed E-state index contributed by atoms with van der Waals surface area (Å²) >= 11 is 0. The van der Waals surface area contributed by atoms with Crippen LogP contribution in [0.15, 0.2) is 36.7 Å². The molecule has 2 aromatic rings. The molecular weight excluding hydrogens is 212 g/mol. The van der Waals surface area contributed by atoms with Crippen molar-refractivity contribution in [3.63, 3.8) is 0 Å². The fourth-order valence-corrected chi connectivity index (χ4v) is 1.71. The van der Waals surface area contributed by atoms with Crippen molar-refractivity contribution in [1.29, 1.82) is 0 Å². The standard InChI is InChI=1S/C13H18N4/c1-11(10-17-8-4-7-15-17)9-14-13-6-3-5-12(2)16-13/h3-8,11H,9-10H2,1-2H3,(H,14,16)/t11-/m0/s1. The van der Waals surface area contributed by atoms with Gasteiger partial charge >= 0.3 is 0 Å². The highest BCUT2D eigenvalue weighted by Gasteiger charge is 2.03. The van der Waals surface area contributed by atoms with Crippen molar-refractivity contribution in [2.75, 3.05) is 11.9 Å². The van der Waals surface area contributed by atoms with E-state index >= 15 is 0 Å². The van der Waals surface area contributed by atoms with Crippen molar-refractivity contribution in [2.45, 2.75) is 20.4 Å². The maximum absolute atomic E-state index is 4.41. The van der Waals surface area contributed by atoms with Crippen LogP contribution in [0.1, 0.15) is 12.6 Å². The quantitative estimate of drug-likeness (QED) is 0.857. The number of hydrogen-bond acceptors (Lipinski definition) is 3. The van der Waals surface area contributed by atoms with Gasteiger partial charge in [-0.3, -0.25) is 4.68 Å². The zero-order valence-corrected chi connectivity index (χ0v) is 10.3. The van der Waals surface area contributed by atoms with Crippen molar-refractivity contribution in [3.8, 4) is 0 Å². The molecule has 0 radical (unpaired) electrons. The van der Waals surface area contributed by atoms with Crippen LogP contribution < -0.4 is 5.32 Å². The van der Waals surface area contributed by atoms with E-state index in [0.29, 0.717) is 5.92 Å². The number of nitrogens with zero attached hydrogens (tertiary/aromatic N) is 3. The highest BCUT2D eigenvalue weighted by Crippen LogP contribution is 2.06. The van der Waals surface area contributed by atoms with E-state index in [1.54, 1.807) is 0 Å². The molecule has 0 amide bonds. The van der Waals surface area contributed by atoms with Crippen LogP contribution >= 0.6 is 0 Å². The predicted molar refractivity (Wildman–Crippen MR) is 68.9 cm³/mol. The Morgan fingerprint density at radius 2 is 2.24 bits per heavy atom. The lowest BCUT2D eigenvalue weighted by Crippen LogP contribution is -2.17. The Balaban J connectivity index is 1.82. The van der Waals surface area contributed by atoms with Crippen LogP contribution in [0.25, 0.3) is 0 Å². The zero-order valence-electron chi connectivity index (χ0n) is 10.3. The van der Waals surface area contributed by atoms with Gasteiger partial charge in [-0.15, -0.1) is 0 Å². The number of aryl methyl sites for hydroxylation is 1. The molecule has 0 aromatic carbocycles. The molecule has 0 fully saturated rings. The average molecular weight is 230 g/mol. The van der Waals surface area contributed by atoms with Crippen LogP contribution in [0, 0.1) is 12.8 Å². The van der Waals surface area contributed by atoms with Gasteiger partial charge in [0.25, 0.3) is 0 Å². The second-order valence-electron chi connectivity index (χ2n) is 4.38. The molecule has 0 bridgehead atoms. The highest BCUT2D eigenvalue weighted by molar-refractivity contribution is 5.34. The molecule has 2 heterocycles. The summed E-state index contributed by atoms with van der Waals surface area (Å²) < 4.78 is 1.95. The van der Waals surface area contributed by atoms with Gasteiger partial charge in [-0.25, -0.2) is 4.98 Å². The van der Waals surface area contributed by atoms with Crippen molar-refractivity contribution >= 4 is 5.82 Å².